The molecule has 0 bridgehead atoms. The first-order chi connectivity index (χ1) is 8.18. The van der Waals surface area contributed by atoms with Crippen LogP contribution < -0.4 is 5.32 Å². The number of nitrogens with zero attached hydrogens (tertiary/aromatic N) is 1. The third-order valence-corrected chi connectivity index (χ3v) is 3.48. The Morgan fingerprint density at radius 3 is 2.06 bits per heavy atom. The van der Waals surface area contributed by atoms with Crippen molar-refractivity contribution in [3.63, 3.8) is 0 Å². The number of piperidine rings is 1. The predicted octanol–water partition coefficient (Wildman–Crippen LogP) is 3.04. The van der Waals surface area contributed by atoms with Gasteiger partial charge >= 0.3 is 6.18 Å². The van der Waals surface area contributed by atoms with Gasteiger partial charge in [-0.1, -0.05) is 27.2 Å². The van der Waals surface area contributed by atoms with Crippen LogP contribution >= 0.6 is 0 Å². The number of halogens is 3. The van der Waals surface area contributed by atoms with Gasteiger partial charge in [-0.15, -0.1) is 0 Å². The fraction of sp³-hybridized carbons (Fsp3) is 1.00. The summed E-state index contributed by atoms with van der Waals surface area (Å²) in [6.07, 6.45) is -0.565. The molecule has 0 aromatic rings. The largest absolute Gasteiger partial charge is 0.401 e. The van der Waals surface area contributed by atoms with E-state index in [2.05, 4.69) is 10.2 Å². The molecule has 1 saturated heterocycles. The quantitative estimate of drug-likeness (QED) is 0.841. The van der Waals surface area contributed by atoms with Crippen molar-refractivity contribution in [2.75, 3.05) is 26.2 Å². The van der Waals surface area contributed by atoms with Crippen LogP contribution in [0.3, 0.4) is 0 Å². The first kappa shape index (κ1) is 15.8. The standard InChI is InChI=1S/C13H25F3N2/c1-12(2,3)11(17-10-13(14,15)16)9-18-7-5-4-6-8-18/h11,17H,4-10H2,1-3H3/t11-/m1/s1. The van der Waals surface area contributed by atoms with Gasteiger partial charge in [0.25, 0.3) is 0 Å². The second-order valence-corrected chi connectivity index (χ2v) is 6.28. The highest BCUT2D eigenvalue weighted by atomic mass is 19.4. The Morgan fingerprint density at radius 2 is 1.61 bits per heavy atom. The van der Waals surface area contributed by atoms with Crippen LogP contribution in [0.25, 0.3) is 0 Å². The first-order valence-electron chi connectivity index (χ1n) is 6.71. The summed E-state index contributed by atoms with van der Waals surface area (Å²) in [6, 6.07) is -0.128. The Bertz CT molecular complexity index is 240. The Morgan fingerprint density at radius 1 is 1.06 bits per heavy atom. The minimum Gasteiger partial charge on any atom is -0.304 e. The van der Waals surface area contributed by atoms with Crippen molar-refractivity contribution in [3.8, 4) is 0 Å². The molecular weight excluding hydrogens is 241 g/mol. The van der Waals surface area contributed by atoms with E-state index >= 15 is 0 Å². The Labute approximate surface area is 108 Å². The Balaban J connectivity index is 2.50. The molecule has 0 unspecified atom stereocenters. The highest BCUT2D eigenvalue weighted by Crippen LogP contribution is 2.23. The Hall–Kier alpha value is -0.290. The van der Waals surface area contributed by atoms with Crippen molar-refractivity contribution in [3.05, 3.63) is 0 Å². The molecule has 0 spiro atoms. The average molecular weight is 266 g/mol. The summed E-state index contributed by atoms with van der Waals surface area (Å²) in [5.41, 5.74) is -0.164. The van der Waals surface area contributed by atoms with E-state index in [1.54, 1.807) is 0 Å². The van der Waals surface area contributed by atoms with Gasteiger partial charge in [-0.3, -0.25) is 0 Å². The SMILES string of the molecule is CC(C)(C)[C@@H](CN1CCCCC1)NCC(F)(F)F. The van der Waals surface area contributed by atoms with Crippen LogP contribution in [0.15, 0.2) is 0 Å². The molecule has 18 heavy (non-hydrogen) atoms. The maximum atomic E-state index is 12.3. The number of hydrogen-bond donors (Lipinski definition) is 1. The molecule has 0 amide bonds. The molecular formula is C13H25F3N2. The van der Waals surface area contributed by atoms with Crippen molar-refractivity contribution in [2.24, 2.45) is 5.41 Å². The van der Waals surface area contributed by atoms with Crippen molar-refractivity contribution in [1.82, 2.24) is 10.2 Å². The highest BCUT2D eigenvalue weighted by Gasteiger charge is 2.32. The second-order valence-electron chi connectivity index (χ2n) is 6.28. The summed E-state index contributed by atoms with van der Waals surface area (Å²) in [6.45, 7) is 7.81. The Kier molecular flexibility index (Phi) is 5.46. The van der Waals surface area contributed by atoms with Gasteiger partial charge in [0.2, 0.25) is 0 Å². The molecule has 1 rings (SSSR count). The van der Waals surface area contributed by atoms with Gasteiger partial charge in [0, 0.05) is 12.6 Å². The summed E-state index contributed by atoms with van der Waals surface area (Å²) >= 11 is 0. The van der Waals surface area contributed by atoms with Crippen LogP contribution in [-0.4, -0.2) is 43.3 Å². The molecule has 1 aliphatic heterocycles. The summed E-state index contributed by atoms with van der Waals surface area (Å²) < 4.78 is 36.9. The van der Waals surface area contributed by atoms with Crippen LogP contribution in [0.4, 0.5) is 13.2 Å². The number of alkyl halides is 3. The third kappa shape index (κ3) is 6.05. The van der Waals surface area contributed by atoms with Crippen LogP contribution in [-0.2, 0) is 0 Å². The molecule has 0 aromatic carbocycles. The lowest BCUT2D eigenvalue weighted by atomic mass is 9.86. The van der Waals surface area contributed by atoms with Gasteiger partial charge in [-0.2, -0.15) is 13.2 Å². The molecule has 2 nitrogen and oxygen atoms in total. The summed E-state index contributed by atoms with van der Waals surface area (Å²) in [5, 5.41) is 2.68. The van der Waals surface area contributed by atoms with Crippen molar-refractivity contribution in [1.29, 1.82) is 0 Å². The van der Waals surface area contributed by atoms with E-state index in [1.807, 2.05) is 20.8 Å². The van der Waals surface area contributed by atoms with E-state index in [0.29, 0.717) is 6.54 Å². The van der Waals surface area contributed by atoms with E-state index in [-0.39, 0.29) is 11.5 Å². The second kappa shape index (κ2) is 6.24. The van der Waals surface area contributed by atoms with E-state index in [0.717, 1.165) is 25.9 Å². The molecule has 108 valence electrons. The summed E-state index contributed by atoms with van der Waals surface area (Å²) in [5.74, 6) is 0. The van der Waals surface area contributed by atoms with Gasteiger partial charge in [0.05, 0.1) is 6.54 Å². The number of likely N-dealkylation sites (tertiary alicyclic amines) is 1. The predicted molar refractivity (Wildman–Crippen MR) is 67.6 cm³/mol. The smallest absolute Gasteiger partial charge is 0.304 e. The molecule has 0 radical (unpaired) electrons. The molecule has 1 atom stereocenters. The lowest BCUT2D eigenvalue weighted by Gasteiger charge is -2.37. The average Bonchev–Trinajstić information content (AvgIpc) is 2.22. The van der Waals surface area contributed by atoms with Gasteiger partial charge < -0.3 is 10.2 Å². The van der Waals surface area contributed by atoms with Crippen molar-refractivity contribution in [2.45, 2.75) is 52.3 Å². The van der Waals surface area contributed by atoms with E-state index in [1.165, 1.54) is 6.42 Å². The topological polar surface area (TPSA) is 15.3 Å². The van der Waals surface area contributed by atoms with E-state index < -0.39 is 12.7 Å². The molecule has 0 aromatic heterocycles. The zero-order chi connectivity index (χ0) is 13.8. The lowest BCUT2D eigenvalue weighted by molar-refractivity contribution is -0.128. The van der Waals surface area contributed by atoms with Crippen molar-refractivity contribution < 1.29 is 13.2 Å². The van der Waals surface area contributed by atoms with Gasteiger partial charge in [-0.25, -0.2) is 0 Å². The highest BCUT2D eigenvalue weighted by molar-refractivity contribution is 4.85. The summed E-state index contributed by atoms with van der Waals surface area (Å²) in [4.78, 5) is 2.28. The minimum atomic E-state index is -4.13. The maximum Gasteiger partial charge on any atom is 0.401 e. The first-order valence-corrected chi connectivity index (χ1v) is 6.71. The van der Waals surface area contributed by atoms with Crippen molar-refractivity contribution >= 4 is 0 Å². The minimum absolute atomic E-state index is 0.128. The number of hydrogen-bond acceptors (Lipinski definition) is 2. The number of nitrogens with one attached hydrogen (secondary N) is 1. The summed E-state index contributed by atoms with van der Waals surface area (Å²) in [7, 11) is 0. The van der Waals surface area contributed by atoms with Gasteiger partial charge in [0.1, 0.15) is 0 Å². The van der Waals surface area contributed by atoms with Crippen LogP contribution in [0.1, 0.15) is 40.0 Å². The van der Waals surface area contributed by atoms with E-state index in [4.69, 9.17) is 0 Å². The van der Waals surface area contributed by atoms with Crippen LogP contribution in [0.2, 0.25) is 0 Å². The fourth-order valence-electron chi connectivity index (χ4n) is 2.28. The van der Waals surface area contributed by atoms with E-state index in [9.17, 15) is 13.2 Å². The molecule has 0 aliphatic carbocycles. The molecule has 1 heterocycles. The van der Waals surface area contributed by atoms with Gasteiger partial charge in [0.15, 0.2) is 0 Å². The zero-order valence-corrected chi connectivity index (χ0v) is 11.6. The molecule has 1 aliphatic rings. The number of rotatable bonds is 4. The third-order valence-electron chi connectivity index (χ3n) is 3.48. The lowest BCUT2D eigenvalue weighted by Crippen LogP contribution is -2.51. The van der Waals surface area contributed by atoms with Gasteiger partial charge in [-0.05, 0) is 31.3 Å². The maximum absolute atomic E-state index is 12.3. The molecule has 1 fully saturated rings. The molecule has 0 saturated carbocycles. The monoisotopic (exact) mass is 266 g/mol. The normalized spacial score (nSPS) is 21.0. The molecule has 5 heteroatoms. The fourth-order valence-corrected chi connectivity index (χ4v) is 2.28. The van der Waals surface area contributed by atoms with Crippen LogP contribution in [0, 0.1) is 5.41 Å². The molecule has 1 N–H and O–H groups in total. The van der Waals surface area contributed by atoms with Crippen LogP contribution in [0.5, 0.6) is 0 Å². The zero-order valence-electron chi connectivity index (χ0n) is 11.6.